The fourth-order valence-electron chi connectivity index (χ4n) is 1.67. The second-order valence-electron chi connectivity index (χ2n) is 4.71. The summed E-state index contributed by atoms with van der Waals surface area (Å²) in [7, 11) is 0. The molecular weight excluding hydrogens is 336 g/mol. The Morgan fingerprint density at radius 3 is 0.821 bits per heavy atom. The van der Waals surface area contributed by atoms with E-state index in [0.29, 0.717) is 0 Å². The summed E-state index contributed by atoms with van der Waals surface area (Å²) < 4.78 is 0. The van der Waals surface area contributed by atoms with Gasteiger partial charge in [-0.2, -0.15) is 0 Å². The quantitative estimate of drug-likeness (QED) is 0.361. The summed E-state index contributed by atoms with van der Waals surface area (Å²) in [4.78, 5) is 0. The molecule has 0 nitrogen and oxygen atoms in total. The first-order valence-corrected chi connectivity index (χ1v) is 11.2. The Hall–Kier alpha value is -2.08. The van der Waals surface area contributed by atoms with Crippen LogP contribution in [0.2, 0.25) is 0 Å². The van der Waals surface area contributed by atoms with Crippen LogP contribution >= 0.6 is 0 Å². The van der Waals surface area contributed by atoms with Crippen LogP contribution in [-0.2, 0) is 0 Å². The van der Waals surface area contributed by atoms with Crippen molar-refractivity contribution in [2.45, 2.75) is 82.6 Å². The molecule has 0 unspecified atom stereocenters. The van der Waals surface area contributed by atoms with Crippen LogP contribution in [0, 0.1) is 6.92 Å². The minimum atomic E-state index is 1.25. The summed E-state index contributed by atoms with van der Waals surface area (Å²) in [6.07, 6.45) is 1.25. The van der Waals surface area contributed by atoms with E-state index in [9.17, 15) is 0 Å². The molecule has 0 spiro atoms. The molecule has 0 amide bonds. The van der Waals surface area contributed by atoms with Crippen LogP contribution in [0.5, 0.6) is 0 Å². The van der Waals surface area contributed by atoms with Crippen LogP contribution in [0.4, 0.5) is 0 Å². The largest absolute Gasteiger partial charge is 0.0683 e. The molecule has 0 saturated heterocycles. The highest BCUT2D eigenvalue weighted by atomic mass is 13.9. The highest BCUT2D eigenvalue weighted by Gasteiger charge is 1.85. The van der Waals surface area contributed by atoms with Gasteiger partial charge in [0.1, 0.15) is 0 Å². The molecule has 0 heteroatoms. The minimum Gasteiger partial charge on any atom is -0.0683 e. The fourth-order valence-corrected chi connectivity index (χ4v) is 1.67. The molecule has 3 aromatic rings. The number of rotatable bonds is 0. The molecule has 28 heavy (non-hydrogen) atoms. The van der Waals surface area contributed by atoms with Gasteiger partial charge in [-0.05, 0) is 17.7 Å². The molecule has 0 aliphatic carbocycles. The van der Waals surface area contributed by atoms with Crippen molar-refractivity contribution in [3.8, 4) is 0 Å². The van der Waals surface area contributed by atoms with Crippen molar-refractivity contribution in [2.75, 3.05) is 0 Å². The Balaban J connectivity index is -0.000000141. The molecule has 0 heterocycles. The van der Waals surface area contributed by atoms with Gasteiger partial charge >= 0.3 is 0 Å². The van der Waals surface area contributed by atoms with E-state index in [1.54, 1.807) is 0 Å². The van der Waals surface area contributed by atoms with Crippen LogP contribution in [-0.4, -0.2) is 0 Å². The number of fused-ring (bicyclic) bond motifs is 1. The number of aryl methyl sites for hydroxylation is 1. The van der Waals surface area contributed by atoms with Crippen molar-refractivity contribution in [3.63, 3.8) is 0 Å². The Morgan fingerprint density at radius 1 is 0.429 bits per heavy atom. The predicted molar refractivity (Wildman–Crippen MR) is 136 cm³/mol. The van der Waals surface area contributed by atoms with Gasteiger partial charge in [0.05, 0.1) is 0 Å². The highest BCUT2D eigenvalue weighted by Crippen LogP contribution is 2.11. The number of hydrogen-bond acceptors (Lipinski definition) is 0. The molecule has 0 aliphatic heterocycles. The second kappa shape index (κ2) is 32.6. The average Bonchev–Trinajstić information content (AvgIpc) is 2.81. The highest BCUT2D eigenvalue weighted by molar-refractivity contribution is 5.81. The van der Waals surface area contributed by atoms with E-state index in [4.69, 9.17) is 0 Å². The predicted octanol–water partition coefficient (Wildman–Crippen LogP) is 10.4. The molecule has 0 bridgehead atoms. The van der Waals surface area contributed by atoms with Gasteiger partial charge in [-0.25, -0.2) is 0 Å². The van der Waals surface area contributed by atoms with Crippen LogP contribution in [0.3, 0.4) is 0 Å². The fraction of sp³-hybridized carbons (Fsp3) is 0.429. The van der Waals surface area contributed by atoms with E-state index in [0.717, 1.165) is 0 Å². The number of benzene rings is 3. The molecule has 0 saturated carbocycles. The van der Waals surface area contributed by atoms with Crippen molar-refractivity contribution in [3.05, 3.63) is 84.4 Å². The van der Waals surface area contributed by atoms with Gasteiger partial charge in [0.2, 0.25) is 0 Å². The summed E-state index contributed by atoms with van der Waals surface area (Å²) in [5.74, 6) is 0. The van der Waals surface area contributed by atoms with Gasteiger partial charge in [0, 0.05) is 0 Å². The summed E-state index contributed by atoms with van der Waals surface area (Å²) in [6, 6.07) is 27.0. The van der Waals surface area contributed by atoms with Crippen LogP contribution in [0.15, 0.2) is 78.9 Å². The van der Waals surface area contributed by atoms with E-state index in [1.807, 2.05) is 73.6 Å². The minimum absolute atomic E-state index is 1.25. The monoisotopic (exact) mass is 384 g/mol. The van der Waals surface area contributed by atoms with Crippen molar-refractivity contribution in [1.29, 1.82) is 0 Å². The molecule has 160 valence electrons. The molecule has 0 N–H and O–H groups in total. The molecule has 3 rings (SSSR count). The average molecular weight is 385 g/mol. The lowest BCUT2D eigenvalue weighted by molar-refractivity contribution is 1.09. The first kappa shape index (κ1) is 33.5. The summed E-state index contributed by atoms with van der Waals surface area (Å²) >= 11 is 0. The van der Waals surface area contributed by atoms with Gasteiger partial charge in [-0.3, -0.25) is 0 Å². The van der Waals surface area contributed by atoms with E-state index in [-0.39, 0.29) is 0 Å². The molecule has 0 radical (unpaired) electrons. The first-order chi connectivity index (χ1) is 13.8. The normalized spacial score (nSPS) is 7.25. The smallest absolute Gasteiger partial charge is 0.0184 e. The van der Waals surface area contributed by atoms with Gasteiger partial charge in [0.15, 0.2) is 0 Å². The van der Waals surface area contributed by atoms with Crippen LogP contribution in [0.1, 0.15) is 81.2 Å². The van der Waals surface area contributed by atoms with Gasteiger partial charge < -0.3 is 0 Å². The Kier molecular flexibility index (Phi) is 39.0. The van der Waals surface area contributed by atoms with Crippen molar-refractivity contribution < 1.29 is 0 Å². The third-order valence-electron chi connectivity index (χ3n) is 2.60. The Bertz CT molecular complexity index is 516. The molecule has 0 aromatic heterocycles. The molecule has 0 aliphatic rings. The summed E-state index contributed by atoms with van der Waals surface area (Å²) in [5.41, 5.74) is 1.32. The second-order valence-corrected chi connectivity index (χ2v) is 4.71. The standard InChI is InChI=1S/C10H8.C7H8.C3H8.4C2H6/c1-2-6-10-8-4-3-7-9(10)5-1;1-7-5-3-2-4-6-7;1-3-2;4*1-2/h1-8H;2-6H,1H3;3H2,1-2H3;4*1-2H3. The first-order valence-electron chi connectivity index (χ1n) is 11.2. The number of hydrogen-bond donors (Lipinski definition) is 0. The van der Waals surface area contributed by atoms with E-state index >= 15 is 0 Å². The topological polar surface area (TPSA) is 0 Å². The van der Waals surface area contributed by atoms with Gasteiger partial charge in [0.25, 0.3) is 0 Å². The third kappa shape index (κ3) is 22.0. The van der Waals surface area contributed by atoms with E-state index < -0.39 is 0 Å². The van der Waals surface area contributed by atoms with Crippen molar-refractivity contribution >= 4 is 10.8 Å². The third-order valence-corrected chi connectivity index (χ3v) is 2.60. The van der Waals surface area contributed by atoms with Gasteiger partial charge in [-0.1, -0.05) is 160 Å². The molecular formula is C28H48. The maximum atomic E-state index is 2.12. The van der Waals surface area contributed by atoms with Gasteiger partial charge in [-0.15, -0.1) is 0 Å². The van der Waals surface area contributed by atoms with E-state index in [2.05, 4.69) is 81.4 Å². The summed E-state index contributed by atoms with van der Waals surface area (Å²) in [5, 5.41) is 2.62. The van der Waals surface area contributed by atoms with E-state index in [1.165, 1.54) is 22.8 Å². The van der Waals surface area contributed by atoms with Crippen molar-refractivity contribution in [1.82, 2.24) is 0 Å². The van der Waals surface area contributed by atoms with Crippen LogP contribution in [0.25, 0.3) is 10.8 Å². The Morgan fingerprint density at radius 2 is 0.643 bits per heavy atom. The zero-order valence-corrected chi connectivity index (χ0v) is 20.7. The van der Waals surface area contributed by atoms with Crippen molar-refractivity contribution in [2.24, 2.45) is 0 Å². The van der Waals surface area contributed by atoms with Crippen LogP contribution < -0.4 is 0 Å². The SMILES string of the molecule is CC.CC.CC.CC.CCC.Cc1ccccc1.c1ccc2ccccc2c1. The Labute approximate surface area is 178 Å². The maximum absolute atomic E-state index is 2.12. The lowest BCUT2D eigenvalue weighted by Gasteiger charge is -1.92. The zero-order valence-electron chi connectivity index (χ0n) is 20.7. The molecule has 3 aromatic carbocycles. The maximum Gasteiger partial charge on any atom is -0.0184 e. The molecule has 0 fully saturated rings. The molecule has 0 atom stereocenters. The zero-order chi connectivity index (χ0) is 22.6. The lowest BCUT2D eigenvalue weighted by atomic mass is 10.1. The lowest BCUT2D eigenvalue weighted by Crippen LogP contribution is -1.67. The summed E-state index contributed by atoms with van der Waals surface area (Å²) in [6.45, 7) is 22.3.